The third-order valence-electron chi connectivity index (χ3n) is 12.8. The molecule has 5 rings (SSSR count). The predicted octanol–water partition coefficient (Wildman–Crippen LogP) is 1.27. The molecule has 4 aromatic rings. The third-order valence-corrected chi connectivity index (χ3v) is 15.7. The minimum atomic E-state index is -1.74. The van der Waals surface area contributed by atoms with E-state index in [0.29, 0.717) is 45.1 Å². The first-order valence-corrected chi connectivity index (χ1v) is 28.5. The number of halogens is 2. The molecule has 0 saturated carbocycles. The molecule has 0 aromatic heterocycles. The second-order valence-electron chi connectivity index (χ2n) is 19.1. The molecule has 0 spiro atoms. The van der Waals surface area contributed by atoms with Crippen LogP contribution in [0.3, 0.4) is 0 Å². The molecule has 1 unspecified atom stereocenters. The molecule has 0 aliphatic carbocycles. The second kappa shape index (κ2) is 31.2. The molecular weight excluding hydrogens is 1100 g/mol. The van der Waals surface area contributed by atoms with Gasteiger partial charge in [0.2, 0.25) is 47.3 Å². The summed E-state index contributed by atoms with van der Waals surface area (Å²) in [7, 11) is 1.99. The summed E-state index contributed by atoms with van der Waals surface area (Å²) >= 11 is 12.1. The number of hydrogen-bond donors (Lipinski definition) is 12. The number of benzene rings is 4. The molecule has 25 heteroatoms. The maximum Gasteiger partial charge on any atom is 0.248 e. The zero-order chi connectivity index (χ0) is 57.8. The highest BCUT2D eigenvalue weighted by Crippen LogP contribution is 2.26. The van der Waals surface area contributed by atoms with Crippen LogP contribution >= 0.6 is 44.8 Å². The van der Waals surface area contributed by atoms with Crippen LogP contribution in [0.25, 0.3) is 0 Å². The monoisotopic (exact) mass is 1160 g/mol. The van der Waals surface area contributed by atoms with Gasteiger partial charge in [0.25, 0.3) is 0 Å². The fourth-order valence-corrected chi connectivity index (χ4v) is 10.9. The van der Waals surface area contributed by atoms with Gasteiger partial charge in [-0.1, -0.05) is 93.3 Å². The number of nitrogens with two attached hydrogens (primary N) is 4. The molecule has 8 amide bonds. The molecule has 0 radical (unpaired) electrons. The summed E-state index contributed by atoms with van der Waals surface area (Å²) in [6.45, 7) is 1.44. The first-order valence-electron chi connectivity index (χ1n) is 25.3. The van der Waals surface area contributed by atoms with Gasteiger partial charge in [-0.05, 0) is 116 Å². The van der Waals surface area contributed by atoms with Gasteiger partial charge in [0.05, 0.1) is 18.2 Å². The number of hydrogen-bond acceptors (Lipinski definition) is 15. The van der Waals surface area contributed by atoms with Crippen LogP contribution in [0.4, 0.5) is 0 Å². The lowest BCUT2D eigenvalue weighted by molar-refractivity contribution is -0.137. The first-order chi connectivity index (χ1) is 37.6. The number of aliphatic hydroxyl groups excluding tert-OH is 1. The standard InChI is InChI=1S/C54H66Cl2N10O11S2/c1-29(67)46-54(77)65-44(53(76)62-41(48(60)71)24-33-9-17-37(56)18-10-33)28-79-78-27-43(64-50(73)39(58)23-31-7-15-36(55)16-8-31)45(69)26-35(22-30-11-19-38(68)20-12-30)49(72)63-42(25-32-5-13-34(14-6-32)47(59)70)52(75)61-40(51(74)66-46)4-2-3-21-57/h5-20,29,35,39-44,46,67-68H,2-4,21-28,57-58H2,1H3,(H2,59,70)(H2,60,71)(H,61,75)(H,62,76)(H,63,72)(H,64,73)(H,65,77)(H,66,74)/t29-,35-,39+,40+,41?,42-,43-,44+,46+/m1/s1. The van der Waals surface area contributed by atoms with E-state index in [1.54, 1.807) is 60.7 Å². The van der Waals surface area contributed by atoms with Crippen LogP contribution in [0.2, 0.25) is 10.0 Å². The van der Waals surface area contributed by atoms with Crippen LogP contribution in [0.1, 0.15) is 65.2 Å². The van der Waals surface area contributed by atoms with Gasteiger partial charge < -0.3 is 65.0 Å². The Balaban J connectivity index is 1.57. The van der Waals surface area contributed by atoms with Gasteiger partial charge in [0.15, 0.2) is 5.78 Å². The van der Waals surface area contributed by atoms with Gasteiger partial charge in [-0.3, -0.25) is 43.2 Å². The molecule has 1 aliphatic rings. The molecule has 0 bridgehead atoms. The van der Waals surface area contributed by atoms with Crippen LogP contribution in [-0.2, 0) is 64.0 Å². The summed E-state index contributed by atoms with van der Waals surface area (Å²) in [5, 5.41) is 37.9. The molecule has 16 N–H and O–H groups in total. The Bertz CT molecular complexity index is 2760. The molecule has 1 aliphatic heterocycles. The van der Waals surface area contributed by atoms with Gasteiger partial charge in [0.1, 0.15) is 36.0 Å². The van der Waals surface area contributed by atoms with Gasteiger partial charge in [0, 0.05) is 52.3 Å². The normalized spacial score (nSPS) is 21.2. The van der Waals surface area contributed by atoms with Crippen molar-refractivity contribution in [1.29, 1.82) is 0 Å². The van der Waals surface area contributed by atoms with Crippen LogP contribution < -0.4 is 54.8 Å². The highest BCUT2D eigenvalue weighted by molar-refractivity contribution is 8.76. The molecular formula is C54H66Cl2N10O11S2. The maximum atomic E-state index is 14.8. The molecule has 79 heavy (non-hydrogen) atoms. The van der Waals surface area contributed by atoms with E-state index in [2.05, 4.69) is 31.9 Å². The Kier molecular flexibility index (Phi) is 24.9. The summed E-state index contributed by atoms with van der Waals surface area (Å²) in [5.41, 5.74) is 25.8. The molecule has 4 aromatic carbocycles. The first kappa shape index (κ1) is 63.1. The van der Waals surface area contributed by atoms with E-state index in [9.17, 15) is 53.4 Å². The van der Waals surface area contributed by atoms with Crippen molar-refractivity contribution in [3.05, 3.63) is 135 Å². The number of carbonyl (C=O) groups is 9. The molecule has 1 saturated heterocycles. The average Bonchev–Trinajstić information content (AvgIpc) is 3.41. The van der Waals surface area contributed by atoms with Gasteiger partial charge >= 0.3 is 0 Å². The number of phenolic OH excluding ortho intramolecular Hbond substituents is 1. The number of phenols is 1. The summed E-state index contributed by atoms with van der Waals surface area (Å²) < 4.78 is 0. The molecule has 1 fully saturated rings. The number of amides is 8. The molecule has 9 atom stereocenters. The Morgan fingerprint density at radius 1 is 0.684 bits per heavy atom. The van der Waals surface area contributed by atoms with Gasteiger partial charge in [-0.25, -0.2) is 0 Å². The van der Waals surface area contributed by atoms with Crippen molar-refractivity contribution in [1.82, 2.24) is 31.9 Å². The maximum absolute atomic E-state index is 14.8. The van der Waals surface area contributed by atoms with Crippen molar-refractivity contribution < 1.29 is 53.4 Å². The van der Waals surface area contributed by atoms with Crippen molar-refractivity contribution in [3.63, 3.8) is 0 Å². The summed E-state index contributed by atoms with van der Waals surface area (Å²) in [6.07, 6.45) is -1.80. The van der Waals surface area contributed by atoms with Crippen molar-refractivity contribution >= 4 is 97.8 Å². The molecule has 424 valence electrons. The predicted molar refractivity (Wildman–Crippen MR) is 302 cm³/mol. The number of nitrogens with one attached hydrogen (secondary N) is 6. The number of Topliss-reactive ketones (excluding diaryl/α,β-unsaturated/α-hetero) is 1. The quantitative estimate of drug-likeness (QED) is 0.0465. The van der Waals surface area contributed by atoms with E-state index in [1.165, 1.54) is 43.3 Å². The number of carbonyl (C=O) groups excluding carboxylic acids is 9. The largest absolute Gasteiger partial charge is 0.508 e. The van der Waals surface area contributed by atoms with Crippen LogP contribution in [0.5, 0.6) is 5.75 Å². The Morgan fingerprint density at radius 3 is 1.81 bits per heavy atom. The Morgan fingerprint density at radius 2 is 1.23 bits per heavy atom. The summed E-state index contributed by atoms with van der Waals surface area (Å²) in [4.78, 5) is 126. The smallest absolute Gasteiger partial charge is 0.248 e. The zero-order valence-corrected chi connectivity index (χ0v) is 46.3. The molecule has 1 heterocycles. The van der Waals surface area contributed by atoms with E-state index >= 15 is 0 Å². The highest BCUT2D eigenvalue weighted by atomic mass is 35.5. The van der Waals surface area contributed by atoms with E-state index in [0.717, 1.165) is 21.6 Å². The van der Waals surface area contributed by atoms with E-state index < -0.39 is 114 Å². The SMILES string of the molecule is C[C@@H](O)[C@@H]1NC(=O)[C@H](CCCCN)NC(=O)[C@@H](Cc2ccc(C(N)=O)cc2)NC(=O)[C@H](Cc2ccc(O)cc2)CC(=O)[C@H](NC(=O)[C@@H](N)Cc2ccc(Cl)cc2)CSSC[C@@H](C(=O)NC(Cc2ccc(Cl)cc2)C(N)=O)NC1=O. The van der Waals surface area contributed by atoms with Gasteiger partial charge in [-0.2, -0.15) is 0 Å². The van der Waals surface area contributed by atoms with E-state index in [4.69, 9.17) is 46.1 Å². The Labute approximate surface area is 474 Å². The van der Waals surface area contributed by atoms with E-state index in [1.807, 2.05) is 0 Å². The number of aliphatic hydroxyl groups is 1. The van der Waals surface area contributed by atoms with Crippen LogP contribution in [0.15, 0.2) is 97.1 Å². The lowest BCUT2D eigenvalue weighted by Gasteiger charge is -2.29. The number of aromatic hydroxyl groups is 1. The van der Waals surface area contributed by atoms with Crippen molar-refractivity contribution in [2.45, 2.75) is 107 Å². The number of unbranched alkanes of at least 4 members (excludes halogenated alkanes) is 1. The van der Waals surface area contributed by atoms with Crippen LogP contribution in [-0.4, -0.2) is 130 Å². The lowest BCUT2D eigenvalue weighted by atomic mass is 9.90. The fourth-order valence-electron chi connectivity index (χ4n) is 8.28. The van der Waals surface area contributed by atoms with Crippen molar-refractivity contribution in [3.8, 4) is 5.75 Å². The summed E-state index contributed by atoms with van der Waals surface area (Å²) in [5.74, 6) is -9.26. The van der Waals surface area contributed by atoms with Crippen molar-refractivity contribution in [2.75, 3.05) is 18.1 Å². The third kappa shape index (κ3) is 20.5. The van der Waals surface area contributed by atoms with Gasteiger partial charge in [-0.15, -0.1) is 0 Å². The zero-order valence-electron chi connectivity index (χ0n) is 43.2. The summed E-state index contributed by atoms with van der Waals surface area (Å²) in [6, 6.07) is 15.0. The number of primary amides is 2. The fraction of sp³-hybridized carbons (Fsp3) is 0.389. The Hall–Kier alpha value is -6.73. The van der Waals surface area contributed by atoms with Crippen LogP contribution in [0, 0.1) is 5.92 Å². The average molecular weight is 1170 g/mol. The van der Waals surface area contributed by atoms with E-state index in [-0.39, 0.29) is 61.5 Å². The minimum absolute atomic E-state index is 0.0354. The van der Waals surface area contributed by atoms with Crippen molar-refractivity contribution in [2.24, 2.45) is 28.9 Å². The second-order valence-corrected chi connectivity index (χ2v) is 22.5. The highest BCUT2D eigenvalue weighted by Gasteiger charge is 2.37. The lowest BCUT2D eigenvalue weighted by Crippen LogP contribution is -2.62. The molecule has 21 nitrogen and oxygen atoms in total. The minimum Gasteiger partial charge on any atom is -0.508 e. The number of ketones is 1. The topological polar surface area (TPSA) is 370 Å². The number of rotatable bonds is 19.